The van der Waals surface area contributed by atoms with Crippen LogP contribution in [0.2, 0.25) is 0 Å². The molecular weight excluding hydrogens is 807 g/mol. The Balaban J connectivity index is 3.29. The van der Waals surface area contributed by atoms with Gasteiger partial charge in [0.2, 0.25) is 41.4 Å². The van der Waals surface area contributed by atoms with Crippen molar-refractivity contribution in [1.82, 2.24) is 31.9 Å². The van der Waals surface area contributed by atoms with Crippen LogP contribution in [0.4, 0.5) is 0 Å². The first-order chi connectivity index (χ1) is 29.2. The van der Waals surface area contributed by atoms with Gasteiger partial charge in [-0.1, -0.05) is 39.3 Å². The molecule has 0 radical (unpaired) electrons. The molecule has 0 saturated heterocycles. The number of hydrogen-bond donors (Lipinski definition) is 14. The van der Waals surface area contributed by atoms with E-state index in [2.05, 4.69) is 41.9 Å². The number of aliphatic imine (C=N–C) groups is 2. The standard InChI is InChI=1S/C39H69N15O8/c1-5-8-27(52-35(60)28(10-7-18-48-39(45)46)51-32(57)22(4)49-33(58)25(41)9-6-17-47-38(43)44)34(59)53-29(19-23-12-14-24(55)15-13-23)36(61)54-30(20-40)37(62)50-26(31(42)56)16-11-21(2)3/h12-15,21-22,25-30,55H,5-11,16-20,40-41H2,1-4H3,(H2,42,56)(H,49,58)(H,50,62)(H,51,57)(H,52,60)(H,53,59)(H,54,61)(H4,43,44,47)(H4,45,46,48)/t22-,25-,26-,27-,28-,29-,30-/m0/s1. The van der Waals surface area contributed by atoms with Crippen molar-refractivity contribution in [2.75, 3.05) is 19.6 Å². The van der Waals surface area contributed by atoms with E-state index < -0.39 is 83.6 Å². The van der Waals surface area contributed by atoms with Gasteiger partial charge in [0, 0.05) is 26.1 Å². The lowest BCUT2D eigenvalue weighted by Gasteiger charge is -2.27. The van der Waals surface area contributed by atoms with Gasteiger partial charge in [-0.25, -0.2) is 0 Å². The third-order valence-corrected chi connectivity index (χ3v) is 9.42. The van der Waals surface area contributed by atoms with Gasteiger partial charge < -0.3 is 77.1 Å². The van der Waals surface area contributed by atoms with Crippen LogP contribution >= 0.6 is 0 Å². The number of carbonyl (C=O) groups excluding carboxylic acids is 7. The number of guanidine groups is 2. The van der Waals surface area contributed by atoms with E-state index in [1.165, 1.54) is 31.2 Å². The molecule has 0 unspecified atom stereocenters. The fourth-order valence-electron chi connectivity index (χ4n) is 5.85. The van der Waals surface area contributed by atoms with E-state index in [-0.39, 0.29) is 81.7 Å². The predicted molar refractivity (Wildman–Crippen MR) is 234 cm³/mol. The quantitative estimate of drug-likeness (QED) is 0.0207. The third-order valence-electron chi connectivity index (χ3n) is 9.42. The molecule has 0 fully saturated rings. The molecule has 0 heterocycles. The first-order valence-electron chi connectivity index (χ1n) is 20.6. The summed E-state index contributed by atoms with van der Waals surface area (Å²) in [4.78, 5) is 101. The van der Waals surface area contributed by atoms with Crippen LogP contribution in [-0.4, -0.2) is 120 Å². The SMILES string of the molecule is CCC[C@H](NC(=O)[C@H](CCCN=C(N)N)NC(=O)[C@H](C)NC(=O)[C@@H](N)CCCN=C(N)N)C(=O)N[C@@H](Cc1ccc(O)cc1)C(=O)N[C@@H](CN)C(=O)N[C@@H](CCC(C)C)C(N)=O. The van der Waals surface area contributed by atoms with E-state index in [1.807, 2.05) is 13.8 Å². The predicted octanol–water partition coefficient (Wildman–Crippen LogP) is -4.02. The smallest absolute Gasteiger partial charge is 0.244 e. The molecule has 0 bridgehead atoms. The van der Waals surface area contributed by atoms with Crippen LogP contribution in [-0.2, 0) is 40.0 Å². The number of aromatic hydroxyl groups is 1. The molecule has 0 aliphatic carbocycles. The molecule has 1 aromatic rings. The first kappa shape index (κ1) is 53.8. The summed E-state index contributed by atoms with van der Waals surface area (Å²) in [6.45, 7) is 7.06. The molecule has 23 nitrogen and oxygen atoms in total. The number of amides is 7. The van der Waals surface area contributed by atoms with Crippen LogP contribution in [0.5, 0.6) is 5.75 Å². The number of nitrogens with one attached hydrogen (secondary N) is 6. The van der Waals surface area contributed by atoms with Gasteiger partial charge in [-0.05, 0) is 75.5 Å². The average Bonchev–Trinajstić information content (AvgIpc) is 3.20. The van der Waals surface area contributed by atoms with E-state index in [0.717, 1.165) is 0 Å². The Bertz CT molecular complexity index is 1680. The lowest BCUT2D eigenvalue weighted by molar-refractivity contribution is -0.135. The minimum Gasteiger partial charge on any atom is -0.508 e. The molecule has 7 amide bonds. The number of benzene rings is 1. The maximum atomic E-state index is 14.0. The number of hydrogen-bond acceptors (Lipinski definition) is 12. The van der Waals surface area contributed by atoms with Gasteiger partial charge in [-0.3, -0.25) is 43.5 Å². The van der Waals surface area contributed by atoms with Gasteiger partial charge in [-0.2, -0.15) is 0 Å². The summed E-state index contributed by atoms with van der Waals surface area (Å²) in [7, 11) is 0. The van der Waals surface area contributed by atoms with Gasteiger partial charge in [0.15, 0.2) is 11.9 Å². The van der Waals surface area contributed by atoms with Crippen LogP contribution in [0.25, 0.3) is 0 Å². The minimum absolute atomic E-state index is 0.0162. The molecule has 1 rings (SSSR count). The van der Waals surface area contributed by atoms with E-state index in [9.17, 15) is 38.7 Å². The van der Waals surface area contributed by atoms with E-state index in [1.54, 1.807) is 6.92 Å². The molecule has 0 spiro atoms. The van der Waals surface area contributed by atoms with Gasteiger partial charge in [0.25, 0.3) is 0 Å². The van der Waals surface area contributed by atoms with Gasteiger partial charge in [0.05, 0.1) is 6.04 Å². The Morgan fingerprint density at radius 1 is 0.581 bits per heavy atom. The molecule has 0 aliphatic rings. The minimum atomic E-state index is -1.34. The number of phenols is 1. The van der Waals surface area contributed by atoms with Crippen molar-refractivity contribution in [2.45, 2.75) is 128 Å². The Hall–Kier alpha value is -6.23. The second-order valence-electron chi connectivity index (χ2n) is 15.3. The van der Waals surface area contributed by atoms with E-state index in [4.69, 9.17) is 40.1 Å². The fourth-order valence-corrected chi connectivity index (χ4v) is 5.85. The fraction of sp³-hybridized carbons (Fsp3) is 0.615. The monoisotopic (exact) mass is 876 g/mol. The summed E-state index contributed by atoms with van der Waals surface area (Å²) in [6.07, 6.45) is 2.12. The van der Waals surface area contributed by atoms with Crippen LogP contribution < -0.4 is 72.0 Å². The third kappa shape index (κ3) is 21.3. The maximum Gasteiger partial charge on any atom is 0.244 e. The normalized spacial score (nSPS) is 14.3. The van der Waals surface area contributed by atoms with Gasteiger partial charge in [0.1, 0.15) is 42.0 Å². The van der Waals surface area contributed by atoms with Crippen molar-refractivity contribution < 1.29 is 38.7 Å². The molecule has 21 N–H and O–H groups in total. The lowest BCUT2D eigenvalue weighted by atomic mass is 10.0. The molecule has 0 aromatic heterocycles. The molecule has 0 saturated carbocycles. The maximum absolute atomic E-state index is 14.0. The van der Waals surface area contributed by atoms with Crippen molar-refractivity contribution in [3.05, 3.63) is 29.8 Å². The van der Waals surface area contributed by atoms with Gasteiger partial charge >= 0.3 is 0 Å². The van der Waals surface area contributed by atoms with Crippen LogP contribution in [0.15, 0.2) is 34.3 Å². The van der Waals surface area contributed by atoms with Crippen molar-refractivity contribution in [3.63, 3.8) is 0 Å². The van der Waals surface area contributed by atoms with E-state index in [0.29, 0.717) is 24.8 Å². The highest BCUT2D eigenvalue weighted by molar-refractivity contribution is 5.97. The zero-order valence-corrected chi connectivity index (χ0v) is 36.2. The molecule has 0 aliphatic heterocycles. The van der Waals surface area contributed by atoms with Crippen LogP contribution in [0.3, 0.4) is 0 Å². The second kappa shape index (κ2) is 28.3. The zero-order valence-electron chi connectivity index (χ0n) is 36.2. The molecular formula is C39H69N15O8. The first-order valence-corrected chi connectivity index (χ1v) is 20.6. The Morgan fingerprint density at radius 2 is 1.05 bits per heavy atom. The topological polar surface area (TPSA) is 419 Å². The Labute approximate surface area is 362 Å². The number of primary amides is 1. The second-order valence-corrected chi connectivity index (χ2v) is 15.3. The summed E-state index contributed by atoms with van der Waals surface area (Å²) >= 11 is 0. The largest absolute Gasteiger partial charge is 0.508 e. The summed E-state index contributed by atoms with van der Waals surface area (Å²) in [5, 5.41) is 25.4. The number of rotatable bonds is 29. The number of nitrogens with zero attached hydrogens (tertiary/aromatic N) is 2. The lowest BCUT2D eigenvalue weighted by Crippen LogP contribution is -2.61. The highest BCUT2D eigenvalue weighted by atomic mass is 16.3. The summed E-state index contributed by atoms with van der Waals surface area (Å²) in [5.74, 6) is -5.30. The molecule has 7 atom stereocenters. The van der Waals surface area contributed by atoms with Crippen molar-refractivity contribution in [2.24, 2.45) is 56.0 Å². The zero-order chi connectivity index (χ0) is 46.9. The Kier molecular flexibility index (Phi) is 24.6. The van der Waals surface area contributed by atoms with Crippen LogP contribution in [0.1, 0.15) is 84.6 Å². The van der Waals surface area contributed by atoms with E-state index >= 15 is 0 Å². The van der Waals surface area contributed by atoms with Crippen LogP contribution in [0, 0.1) is 5.92 Å². The van der Waals surface area contributed by atoms with Crippen molar-refractivity contribution >= 4 is 53.3 Å². The van der Waals surface area contributed by atoms with Gasteiger partial charge in [-0.15, -0.1) is 0 Å². The molecule has 23 heteroatoms. The average molecular weight is 876 g/mol. The number of carbonyl (C=O) groups is 7. The highest BCUT2D eigenvalue weighted by Crippen LogP contribution is 2.13. The number of phenolic OH excluding ortho intramolecular Hbond substituents is 1. The highest BCUT2D eigenvalue weighted by Gasteiger charge is 2.33. The Morgan fingerprint density at radius 3 is 1.56 bits per heavy atom. The summed E-state index contributed by atoms with van der Waals surface area (Å²) in [6, 6.07) is -2.38. The summed E-state index contributed by atoms with van der Waals surface area (Å²) < 4.78 is 0. The van der Waals surface area contributed by atoms with Crippen molar-refractivity contribution in [3.8, 4) is 5.75 Å². The molecule has 62 heavy (non-hydrogen) atoms. The molecule has 348 valence electrons. The summed E-state index contributed by atoms with van der Waals surface area (Å²) in [5.41, 5.74) is 39.4. The molecule has 1 aromatic carbocycles. The van der Waals surface area contributed by atoms with Crippen molar-refractivity contribution in [1.29, 1.82) is 0 Å². The number of nitrogens with two attached hydrogens (primary N) is 7.